The SMILES string of the molecule is CCCNc1[nH]c(=O)n(C)c(=O)c1N=Cc1cc2ccccc2o1. The molecule has 0 saturated carbocycles. The minimum Gasteiger partial charge on any atom is -0.455 e. The topological polar surface area (TPSA) is 92.4 Å². The quantitative estimate of drug-likeness (QED) is 0.704. The second kappa shape index (κ2) is 6.57. The third-order valence-corrected chi connectivity index (χ3v) is 3.60. The highest BCUT2D eigenvalue weighted by molar-refractivity contribution is 5.88. The van der Waals surface area contributed by atoms with Gasteiger partial charge < -0.3 is 9.73 Å². The summed E-state index contributed by atoms with van der Waals surface area (Å²) in [5.74, 6) is 0.850. The van der Waals surface area contributed by atoms with Gasteiger partial charge in [-0.15, -0.1) is 0 Å². The number of rotatable bonds is 5. The van der Waals surface area contributed by atoms with E-state index in [4.69, 9.17) is 4.42 Å². The first-order valence-corrected chi connectivity index (χ1v) is 7.70. The van der Waals surface area contributed by atoms with Crippen molar-refractivity contribution in [3.05, 3.63) is 56.9 Å². The van der Waals surface area contributed by atoms with Crippen molar-refractivity contribution in [3.8, 4) is 0 Å². The Morgan fingerprint density at radius 2 is 2.12 bits per heavy atom. The zero-order chi connectivity index (χ0) is 17.1. The maximum Gasteiger partial charge on any atom is 0.329 e. The Balaban J connectivity index is 2.02. The van der Waals surface area contributed by atoms with E-state index in [0.29, 0.717) is 18.1 Å². The lowest BCUT2D eigenvalue weighted by Gasteiger charge is -2.08. The molecule has 1 aromatic carbocycles. The van der Waals surface area contributed by atoms with E-state index in [2.05, 4.69) is 15.3 Å². The fourth-order valence-electron chi connectivity index (χ4n) is 2.30. The summed E-state index contributed by atoms with van der Waals surface area (Å²) in [5.41, 5.74) is -0.0605. The molecule has 0 unspecified atom stereocenters. The predicted octanol–water partition coefficient (Wildman–Crippen LogP) is 2.39. The van der Waals surface area contributed by atoms with E-state index in [1.54, 1.807) is 0 Å². The average molecular weight is 326 g/mol. The summed E-state index contributed by atoms with van der Waals surface area (Å²) >= 11 is 0. The first kappa shape index (κ1) is 15.8. The zero-order valence-electron chi connectivity index (χ0n) is 13.5. The molecule has 24 heavy (non-hydrogen) atoms. The molecule has 0 aliphatic carbocycles. The number of para-hydroxylation sites is 1. The standard InChI is InChI=1S/C17H18N4O3/c1-3-8-18-15-14(16(22)21(2)17(23)20-15)19-10-12-9-11-6-4-5-7-13(11)24-12/h4-7,9-10,18H,3,8H2,1-2H3,(H,20,23). The van der Waals surface area contributed by atoms with Gasteiger partial charge in [0.05, 0.1) is 6.21 Å². The fraction of sp³-hybridized carbons (Fsp3) is 0.235. The van der Waals surface area contributed by atoms with Crippen LogP contribution in [0.4, 0.5) is 11.5 Å². The number of aromatic amines is 1. The van der Waals surface area contributed by atoms with Gasteiger partial charge in [-0.05, 0) is 18.6 Å². The second-order valence-corrected chi connectivity index (χ2v) is 5.39. The molecular formula is C17H18N4O3. The molecule has 0 spiro atoms. The molecule has 2 aromatic heterocycles. The summed E-state index contributed by atoms with van der Waals surface area (Å²) < 4.78 is 6.64. The van der Waals surface area contributed by atoms with Gasteiger partial charge in [0.1, 0.15) is 17.2 Å². The lowest BCUT2D eigenvalue weighted by molar-refractivity contribution is 0.608. The van der Waals surface area contributed by atoms with Gasteiger partial charge in [-0.1, -0.05) is 25.1 Å². The predicted molar refractivity (Wildman–Crippen MR) is 94.6 cm³/mol. The Morgan fingerprint density at radius 3 is 2.88 bits per heavy atom. The molecule has 0 radical (unpaired) electrons. The van der Waals surface area contributed by atoms with Crippen LogP contribution >= 0.6 is 0 Å². The average Bonchev–Trinajstić information content (AvgIpc) is 3.00. The van der Waals surface area contributed by atoms with Gasteiger partial charge in [-0.25, -0.2) is 9.79 Å². The minimum absolute atomic E-state index is 0.144. The van der Waals surface area contributed by atoms with Crippen LogP contribution in [0.2, 0.25) is 0 Å². The van der Waals surface area contributed by atoms with Crippen LogP contribution < -0.4 is 16.6 Å². The van der Waals surface area contributed by atoms with Gasteiger partial charge in [0.25, 0.3) is 5.56 Å². The van der Waals surface area contributed by atoms with Gasteiger partial charge in [-0.3, -0.25) is 14.3 Å². The molecule has 124 valence electrons. The molecule has 0 aliphatic heterocycles. The fourth-order valence-corrected chi connectivity index (χ4v) is 2.30. The van der Waals surface area contributed by atoms with Gasteiger partial charge in [0.15, 0.2) is 5.69 Å². The van der Waals surface area contributed by atoms with Crippen LogP contribution in [0.3, 0.4) is 0 Å². The van der Waals surface area contributed by atoms with E-state index in [1.165, 1.54) is 13.3 Å². The lowest BCUT2D eigenvalue weighted by Crippen LogP contribution is -2.33. The van der Waals surface area contributed by atoms with E-state index in [1.807, 2.05) is 37.3 Å². The highest BCUT2D eigenvalue weighted by atomic mass is 16.3. The van der Waals surface area contributed by atoms with Crippen molar-refractivity contribution in [1.82, 2.24) is 9.55 Å². The molecule has 0 amide bonds. The van der Waals surface area contributed by atoms with Crippen molar-refractivity contribution in [2.45, 2.75) is 13.3 Å². The molecule has 3 rings (SSSR count). The first-order valence-electron chi connectivity index (χ1n) is 7.70. The van der Waals surface area contributed by atoms with Crippen molar-refractivity contribution in [2.75, 3.05) is 11.9 Å². The third-order valence-electron chi connectivity index (χ3n) is 3.60. The number of hydrogen-bond donors (Lipinski definition) is 2. The number of aromatic nitrogens is 2. The van der Waals surface area contributed by atoms with Crippen LogP contribution in [0.5, 0.6) is 0 Å². The molecule has 7 heteroatoms. The van der Waals surface area contributed by atoms with Crippen molar-refractivity contribution < 1.29 is 4.42 Å². The van der Waals surface area contributed by atoms with Crippen LogP contribution in [-0.4, -0.2) is 22.3 Å². The summed E-state index contributed by atoms with van der Waals surface area (Å²) in [7, 11) is 1.41. The van der Waals surface area contributed by atoms with Gasteiger partial charge in [0, 0.05) is 19.0 Å². The Morgan fingerprint density at radius 1 is 1.33 bits per heavy atom. The van der Waals surface area contributed by atoms with Gasteiger partial charge in [-0.2, -0.15) is 0 Å². The Bertz CT molecular complexity index is 978. The lowest BCUT2D eigenvalue weighted by atomic mass is 10.2. The molecule has 0 aliphatic rings. The molecule has 3 aromatic rings. The maximum absolute atomic E-state index is 12.3. The van der Waals surface area contributed by atoms with E-state index in [9.17, 15) is 9.59 Å². The van der Waals surface area contributed by atoms with Crippen molar-refractivity contribution in [2.24, 2.45) is 12.0 Å². The summed E-state index contributed by atoms with van der Waals surface area (Å²) in [6.45, 7) is 2.61. The Labute approximate surface area is 137 Å². The zero-order valence-corrected chi connectivity index (χ0v) is 13.5. The van der Waals surface area contributed by atoms with Crippen molar-refractivity contribution in [1.29, 1.82) is 0 Å². The smallest absolute Gasteiger partial charge is 0.329 e. The number of furan rings is 1. The molecule has 0 bridgehead atoms. The summed E-state index contributed by atoms with van der Waals surface area (Å²) in [6.07, 6.45) is 2.33. The number of benzene rings is 1. The van der Waals surface area contributed by atoms with Crippen LogP contribution in [0.15, 0.2) is 49.3 Å². The van der Waals surface area contributed by atoms with Crippen molar-refractivity contribution >= 4 is 28.7 Å². The number of aliphatic imine (C=N–C) groups is 1. The van der Waals surface area contributed by atoms with Gasteiger partial charge >= 0.3 is 5.69 Å². The Hall–Kier alpha value is -3.09. The molecule has 7 nitrogen and oxygen atoms in total. The normalized spacial score (nSPS) is 11.4. The molecule has 0 saturated heterocycles. The minimum atomic E-state index is -0.485. The van der Waals surface area contributed by atoms with Crippen LogP contribution in [0.25, 0.3) is 11.0 Å². The third kappa shape index (κ3) is 3.01. The molecule has 0 atom stereocenters. The summed E-state index contributed by atoms with van der Waals surface area (Å²) in [6, 6.07) is 9.44. The largest absolute Gasteiger partial charge is 0.455 e. The number of H-pyrrole nitrogens is 1. The summed E-state index contributed by atoms with van der Waals surface area (Å²) in [5, 5.41) is 3.98. The number of hydrogen-bond acceptors (Lipinski definition) is 5. The molecule has 0 fully saturated rings. The van der Waals surface area contributed by atoms with Crippen LogP contribution in [0, 0.1) is 0 Å². The van der Waals surface area contributed by atoms with E-state index < -0.39 is 11.2 Å². The van der Waals surface area contributed by atoms with E-state index >= 15 is 0 Å². The highest BCUT2D eigenvalue weighted by Crippen LogP contribution is 2.19. The second-order valence-electron chi connectivity index (χ2n) is 5.39. The van der Waals surface area contributed by atoms with E-state index in [0.717, 1.165) is 22.0 Å². The molecular weight excluding hydrogens is 308 g/mol. The van der Waals surface area contributed by atoms with E-state index in [-0.39, 0.29) is 5.69 Å². The maximum atomic E-state index is 12.3. The van der Waals surface area contributed by atoms with Crippen molar-refractivity contribution in [3.63, 3.8) is 0 Å². The number of anilines is 1. The van der Waals surface area contributed by atoms with Gasteiger partial charge in [0.2, 0.25) is 0 Å². The first-order chi connectivity index (χ1) is 11.6. The number of fused-ring (bicyclic) bond motifs is 1. The molecule has 2 N–H and O–H groups in total. The highest BCUT2D eigenvalue weighted by Gasteiger charge is 2.11. The van der Waals surface area contributed by atoms with Crippen LogP contribution in [-0.2, 0) is 7.05 Å². The molecule has 2 heterocycles. The Kier molecular flexibility index (Phi) is 4.33. The number of nitrogens with one attached hydrogen (secondary N) is 2. The summed E-state index contributed by atoms with van der Waals surface area (Å²) in [4.78, 5) is 31.0. The number of nitrogens with zero attached hydrogens (tertiary/aromatic N) is 2. The monoisotopic (exact) mass is 326 g/mol. The van der Waals surface area contributed by atoms with Crippen LogP contribution in [0.1, 0.15) is 19.1 Å².